The number of aliphatic imine (C=N–C) groups is 1. The molecule has 2 amide bonds. The standard InChI is InChI=1S/C19H19N3O4/c1-4-7-15(23)18(25)22(3)19-21-17(24)16(26-19)11(2)13-10-20-14-9-6-5-8-12(13)14/h4-6,8-11,16,20H,1,7H2,2-3H3/t11-,16+/m1/s1. The summed E-state index contributed by atoms with van der Waals surface area (Å²) in [5.74, 6) is -2.20. The third-order valence-electron chi connectivity index (χ3n) is 4.41. The van der Waals surface area contributed by atoms with Crippen LogP contribution in [0.15, 0.2) is 48.1 Å². The number of nitrogens with zero attached hydrogens (tertiary/aromatic N) is 2. The average Bonchev–Trinajstić information content (AvgIpc) is 3.24. The number of hydrogen-bond donors (Lipinski definition) is 1. The number of ether oxygens (including phenoxy) is 1. The van der Waals surface area contributed by atoms with E-state index in [1.165, 1.54) is 13.1 Å². The summed E-state index contributed by atoms with van der Waals surface area (Å²) in [5, 5.41) is 0.996. The molecular formula is C19H19N3O4. The number of aromatic nitrogens is 1. The fourth-order valence-electron chi connectivity index (χ4n) is 2.94. The topological polar surface area (TPSA) is 91.8 Å². The van der Waals surface area contributed by atoms with Gasteiger partial charge in [0.2, 0.25) is 5.78 Å². The third-order valence-corrected chi connectivity index (χ3v) is 4.41. The Morgan fingerprint density at radius 3 is 2.88 bits per heavy atom. The van der Waals surface area contributed by atoms with E-state index in [-0.39, 0.29) is 18.4 Å². The number of para-hydroxylation sites is 1. The highest BCUT2D eigenvalue weighted by molar-refractivity contribution is 6.39. The van der Waals surface area contributed by atoms with Crippen molar-refractivity contribution in [2.24, 2.45) is 4.99 Å². The molecule has 134 valence electrons. The van der Waals surface area contributed by atoms with Gasteiger partial charge in [-0.1, -0.05) is 31.2 Å². The predicted octanol–water partition coefficient (Wildman–Crippen LogP) is 2.16. The van der Waals surface area contributed by atoms with Crippen LogP contribution in [-0.4, -0.2) is 46.7 Å². The van der Waals surface area contributed by atoms with Crippen LogP contribution in [0.3, 0.4) is 0 Å². The highest BCUT2D eigenvalue weighted by Crippen LogP contribution is 2.31. The zero-order chi connectivity index (χ0) is 18.8. The van der Waals surface area contributed by atoms with Crippen LogP contribution in [0.1, 0.15) is 24.8 Å². The van der Waals surface area contributed by atoms with E-state index in [0.717, 1.165) is 21.4 Å². The molecular weight excluding hydrogens is 334 g/mol. The Kier molecular flexibility index (Phi) is 4.71. The van der Waals surface area contributed by atoms with Crippen LogP contribution >= 0.6 is 0 Å². The highest BCUT2D eigenvalue weighted by Gasteiger charge is 2.38. The van der Waals surface area contributed by atoms with Gasteiger partial charge in [0.25, 0.3) is 11.8 Å². The second-order valence-electron chi connectivity index (χ2n) is 6.13. The van der Waals surface area contributed by atoms with Gasteiger partial charge in [0.15, 0.2) is 6.10 Å². The maximum absolute atomic E-state index is 12.3. The van der Waals surface area contributed by atoms with Crippen LogP contribution in [-0.2, 0) is 19.1 Å². The Morgan fingerprint density at radius 2 is 2.15 bits per heavy atom. The Balaban J connectivity index is 1.78. The van der Waals surface area contributed by atoms with Gasteiger partial charge < -0.3 is 9.72 Å². The summed E-state index contributed by atoms with van der Waals surface area (Å²) >= 11 is 0. The van der Waals surface area contributed by atoms with Crippen molar-refractivity contribution in [1.82, 2.24) is 9.88 Å². The molecule has 2 aromatic rings. The summed E-state index contributed by atoms with van der Waals surface area (Å²) in [4.78, 5) is 44.0. The maximum atomic E-state index is 12.3. The molecule has 26 heavy (non-hydrogen) atoms. The van der Waals surface area contributed by atoms with Crippen molar-refractivity contribution < 1.29 is 19.1 Å². The number of allylic oxidation sites excluding steroid dienone is 1. The van der Waals surface area contributed by atoms with E-state index in [2.05, 4.69) is 16.6 Å². The average molecular weight is 353 g/mol. The number of carbonyl (C=O) groups is 3. The van der Waals surface area contributed by atoms with Gasteiger partial charge >= 0.3 is 6.02 Å². The molecule has 2 heterocycles. The number of fused-ring (bicyclic) bond motifs is 1. The van der Waals surface area contributed by atoms with Crippen molar-refractivity contribution >= 4 is 34.5 Å². The summed E-state index contributed by atoms with van der Waals surface area (Å²) in [6.45, 7) is 5.29. The normalized spacial score (nSPS) is 17.5. The monoisotopic (exact) mass is 353 g/mol. The molecule has 1 aromatic heterocycles. The molecule has 0 spiro atoms. The number of ketones is 1. The molecule has 7 heteroatoms. The predicted molar refractivity (Wildman–Crippen MR) is 96.6 cm³/mol. The summed E-state index contributed by atoms with van der Waals surface area (Å²) in [7, 11) is 1.36. The van der Waals surface area contributed by atoms with E-state index in [1.807, 2.05) is 37.4 Å². The van der Waals surface area contributed by atoms with Crippen molar-refractivity contribution in [2.45, 2.75) is 25.4 Å². The zero-order valence-corrected chi connectivity index (χ0v) is 14.6. The van der Waals surface area contributed by atoms with Gasteiger partial charge in [-0.15, -0.1) is 6.58 Å². The molecule has 0 radical (unpaired) electrons. The quantitative estimate of drug-likeness (QED) is 0.658. The van der Waals surface area contributed by atoms with E-state index in [4.69, 9.17) is 4.74 Å². The first-order valence-electron chi connectivity index (χ1n) is 8.21. The number of H-pyrrole nitrogens is 1. The number of amidine groups is 1. The number of hydrogen-bond acceptors (Lipinski definition) is 4. The number of nitrogens with one attached hydrogen (secondary N) is 1. The molecule has 1 N–H and O–H groups in total. The van der Waals surface area contributed by atoms with Crippen LogP contribution in [0.25, 0.3) is 10.9 Å². The van der Waals surface area contributed by atoms with E-state index >= 15 is 0 Å². The van der Waals surface area contributed by atoms with E-state index in [1.54, 1.807) is 0 Å². The SMILES string of the molecule is C=CCC(=O)C(=O)N(C)C1=NC(=O)[C@H]([C@H](C)c2c[nH]c3ccccc23)O1. The van der Waals surface area contributed by atoms with Crippen molar-refractivity contribution in [3.8, 4) is 0 Å². The first-order valence-corrected chi connectivity index (χ1v) is 8.21. The lowest BCUT2D eigenvalue weighted by Gasteiger charge is -2.20. The number of carbonyl (C=O) groups excluding carboxylic acids is 3. The lowest BCUT2D eigenvalue weighted by Crippen LogP contribution is -2.39. The van der Waals surface area contributed by atoms with Crippen molar-refractivity contribution in [1.29, 1.82) is 0 Å². The van der Waals surface area contributed by atoms with Crippen LogP contribution in [0, 0.1) is 0 Å². The van der Waals surface area contributed by atoms with Crippen LogP contribution in [0.4, 0.5) is 0 Å². The van der Waals surface area contributed by atoms with Crippen molar-refractivity contribution in [3.05, 3.63) is 48.7 Å². The molecule has 1 aliphatic heterocycles. The molecule has 3 rings (SSSR count). The van der Waals surface area contributed by atoms with E-state index in [9.17, 15) is 14.4 Å². The highest BCUT2D eigenvalue weighted by atomic mass is 16.5. The second-order valence-corrected chi connectivity index (χ2v) is 6.13. The minimum absolute atomic E-state index is 0.0838. The minimum atomic E-state index is -0.853. The van der Waals surface area contributed by atoms with Gasteiger partial charge in [0, 0.05) is 36.5 Å². The minimum Gasteiger partial charge on any atom is -0.450 e. The number of amides is 2. The van der Waals surface area contributed by atoms with Crippen molar-refractivity contribution in [3.63, 3.8) is 0 Å². The van der Waals surface area contributed by atoms with Crippen molar-refractivity contribution in [2.75, 3.05) is 7.05 Å². The van der Waals surface area contributed by atoms with Crippen LogP contribution in [0.5, 0.6) is 0 Å². The first kappa shape index (κ1) is 17.6. The first-order chi connectivity index (χ1) is 12.4. The van der Waals surface area contributed by atoms with Gasteiger partial charge in [0.05, 0.1) is 0 Å². The van der Waals surface area contributed by atoms with E-state index in [0.29, 0.717) is 0 Å². The number of likely N-dealkylation sites (N-methyl/N-ethyl adjacent to an activating group) is 1. The lowest BCUT2D eigenvalue weighted by molar-refractivity contribution is -0.141. The molecule has 1 aromatic carbocycles. The van der Waals surface area contributed by atoms with Gasteiger partial charge in [-0.2, -0.15) is 4.99 Å². The molecule has 0 aliphatic carbocycles. The fraction of sp³-hybridized carbons (Fsp3) is 0.263. The largest absolute Gasteiger partial charge is 0.450 e. The Bertz CT molecular complexity index is 928. The molecule has 1 aliphatic rings. The van der Waals surface area contributed by atoms with Gasteiger partial charge in [-0.3, -0.25) is 19.3 Å². The maximum Gasteiger partial charge on any atom is 0.303 e. The molecule has 0 fully saturated rings. The Hall–Kier alpha value is -3.22. The number of rotatable bonds is 5. The molecule has 7 nitrogen and oxygen atoms in total. The van der Waals surface area contributed by atoms with Crippen LogP contribution < -0.4 is 0 Å². The molecule has 0 bridgehead atoms. The van der Waals surface area contributed by atoms with Gasteiger partial charge in [-0.05, 0) is 11.6 Å². The molecule has 0 saturated heterocycles. The molecule has 0 unspecified atom stereocenters. The lowest BCUT2D eigenvalue weighted by atomic mass is 9.94. The summed E-state index contributed by atoms with van der Waals surface area (Å²) in [5.41, 5.74) is 1.88. The van der Waals surface area contributed by atoms with Gasteiger partial charge in [-0.25, -0.2) is 0 Å². The molecule has 2 atom stereocenters. The Labute approximate surface area is 150 Å². The summed E-state index contributed by atoms with van der Waals surface area (Å²) in [6.07, 6.45) is 2.25. The molecule has 0 saturated carbocycles. The number of aromatic amines is 1. The second kappa shape index (κ2) is 6.95. The smallest absolute Gasteiger partial charge is 0.303 e. The van der Waals surface area contributed by atoms with E-state index < -0.39 is 23.7 Å². The van der Waals surface area contributed by atoms with Crippen LogP contribution in [0.2, 0.25) is 0 Å². The number of Topliss-reactive ketones (excluding diaryl/α,β-unsaturated/α-hetero) is 1. The zero-order valence-electron chi connectivity index (χ0n) is 14.6. The summed E-state index contributed by atoms with van der Waals surface area (Å²) < 4.78 is 5.63. The number of benzene rings is 1. The Morgan fingerprint density at radius 1 is 1.42 bits per heavy atom. The summed E-state index contributed by atoms with van der Waals surface area (Å²) in [6, 6.07) is 7.59. The third kappa shape index (κ3) is 3.03. The fourth-order valence-corrected chi connectivity index (χ4v) is 2.94. The van der Waals surface area contributed by atoms with Gasteiger partial charge in [0.1, 0.15) is 0 Å².